The number of aryl methyl sites for hydroxylation is 2. The first kappa shape index (κ1) is 27.3. The van der Waals surface area contributed by atoms with Gasteiger partial charge in [-0.2, -0.15) is 0 Å². The van der Waals surface area contributed by atoms with Gasteiger partial charge in [-0.15, -0.1) is 0 Å². The van der Waals surface area contributed by atoms with Crippen molar-refractivity contribution in [2.45, 2.75) is 50.8 Å². The van der Waals surface area contributed by atoms with Crippen LogP contribution in [0.2, 0.25) is 0 Å². The molecule has 0 spiro atoms. The van der Waals surface area contributed by atoms with E-state index in [2.05, 4.69) is 4.94 Å². The summed E-state index contributed by atoms with van der Waals surface area (Å²) >= 11 is 0. The van der Waals surface area contributed by atoms with E-state index >= 15 is 4.39 Å². The number of rotatable bonds is 8. The van der Waals surface area contributed by atoms with Gasteiger partial charge in [0.05, 0.1) is 12.3 Å². The van der Waals surface area contributed by atoms with Gasteiger partial charge in [0.2, 0.25) is 0 Å². The number of nitrogens with zero attached hydrogens (tertiary/aromatic N) is 1. The van der Waals surface area contributed by atoms with Crippen molar-refractivity contribution in [3.05, 3.63) is 94.3 Å². The van der Waals surface area contributed by atoms with Crippen molar-refractivity contribution in [2.24, 2.45) is 0 Å². The zero-order valence-corrected chi connectivity index (χ0v) is 21.9. The Morgan fingerprint density at radius 2 is 1.77 bits per heavy atom. The standard InChI is InChI=1S/C31H31BF3NO3/c1-20-5-11-27(29(34)17-20)28-4-2-3-22-18-24(39-35)10-12-26(22)30(28)21-6-8-23(9-7-21)38-25-13-16-36(19-25)31(32,37)14-15-33/h5-12,17-18,25,37H,2-4,13-16,19H2,1H3/t25-,31?/m0/s1. The van der Waals surface area contributed by atoms with Gasteiger partial charge in [-0.1, -0.05) is 30.3 Å². The Morgan fingerprint density at radius 1 is 1.03 bits per heavy atom. The molecule has 5 rings (SSSR count). The molecule has 2 radical (unpaired) electrons. The van der Waals surface area contributed by atoms with Crippen molar-refractivity contribution >= 4 is 19.0 Å². The Morgan fingerprint density at radius 3 is 2.49 bits per heavy atom. The van der Waals surface area contributed by atoms with Crippen molar-refractivity contribution in [1.29, 1.82) is 0 Å². The van der Waals surface area contributed by atoms with Crippen LogP contribution in [-0.2, 0) is 6.42 Å². The second-order valence-corrected chi connectivity index (χ2v) is 10.4. The smallest absolute Gasteiger partial charge is 0.172 e. The van der Waals surface area contributed by atoms with Crippen LogP contribution in [0.4, 0.5) is 13.3 Å². The van der Waals surface area contributed by atoms with E-state index in [1.54, 1.807) is 23.1 Å². The van der Waals surface area contributed by atoms with Crippen molar-refractivity contribution in [2.75, 3.05) is 19.8 Å². The van der Waals surface area contributed by atoms with Crippen LogP contribution in [0, 0.1) is 12.7 Å². The summed E-state index contributed by atoms with van der Waals surface area (Å²) in [7, 11) is 5.87. The highest BCUT2D eigenvalue weighted by atomic mass is 19.3. The van der Waals surface area contributed by atoms with Gasteiger partial charge in [0.15, 0.2) is 5.75 Å². The van der Waals surface area contributed by atoms with Gasteiger partial charge in [0.25, 0.3) is 0 Å². The number of aliphatic hydroxyl groups is 1. The molecule has 8 heteroatoms. The molecule has 2 aliphatic rings. The lowest BCUT2D eigenvalue weighted by Crippen LogP contribution is -2.49. The van der Waals surface area contributed by atoms with Gasteiger partial charge in [0.1, 0.15) is 25.5 Å². The zero-order valence-electron chi connectivity index (χ0n) is 21.9. The van der Waals surface area contributed by atoms with Crippen molar-refractivity contribution < 1.29 is 28.1 Å². The Hall–Kier alpha value is -3.23. The third kappa shape index (κ3) is 5.87. The number of ether oxygens (including phenoxy) is 1. The SMILES string of the molecule is [B]C(O)(CCF)N1CC[C@H](Oc2ccc(C3=C(c4ccc(C)cc4F)CCCc4cc(OF)ccc43)cc2)C1. The Bertz CT molecular complexity index is 1360. The summed E-state index contributed by atoms with van der Waals surface area (Å²) in [5, 5.41) is 10.3. The number of alkyl halides is 1. The maximum atomic E-state index is 15.2. The molecule has 1 fully saturated rings. The predicted octanol–water partition coefficient (Wildman–Crippen LogP) is 6.32. The fourth-order valence-corrected chi connectivity index (χ4v) is 5.64. The van der Waals surface area contributed by atoms with Crippen LogP contribution >= 0.6 is 0 Å². The number of likely N-dealkylation sites (tertiary alicyclic amines) is 1. The van der Waals surface area contributed by atoms with Gasteiger partial charge >= 0.3 is 0 Å². The molecule has 1 aliphatic carbocycles. The fourth-order valence-electron chi connectivity index (χ4n) is 5.64. The average molecular weight is 533 g/mol. The fraction of sp³-hybridized carbons (Fsp3) is 0.355. The summed E-state index contributed by atoms with van der Waals surface area (Å²) in [5.74, 6) is 0.520. The van der Waals surface area contributed by atoms with E-state index in [4.69, 9.17) is 12.6 Å². The highest BCUT2D eigenvalue weighted by Gasteiger charge is 2.35. The lowest BCUT2D eigenvalue weighted by atomic mass is 9.86. The number of benzene rings is 3. The number of allylic oxidation sites excluding steroid dienone is 1. The monoisotopic (exact) mass is 533 g/mol. The summed E-state index contributed by atoms with van der Waals surface area (Å²) in [5.41, 5.74) is 4.26. The molecule has 0 amide bonds. The summed E-state index contributed by atoms with van der Waals surface area (Å²) in [6.45, 7) is 2.06. The van der Waals surface area contributed by atoms with Crippen LogP contribution in [0.25, 0.3) is 11.1 Å². The minimum atomic E-state index is -1.69. The Kier molecular flexibility index (Phi) is 8.05. The topological polar surface area (TPSA) is 41.9 Å². The molecule has 1 aliphatic heterocycles. The third-order valence-corrected chi connectivity index (χ3v) is 7.66. The highest BCUT2D eigenvalue weighted by Crippen LogP contribution is 2.42. The number of fused-ring (bicyclic) bond motifs is 1. The largest absolute Gasteiger partial charge is 0.489 e. The second kappa shape index (κ2) is 11.5. The molecule has 202 valence electrons. The van der Waals surface area contributed by atoms with E-state index in [1.807, 2.05) is 49.4 Å². The van der Waals surface area contributed by atoms with Crippen molar-refractivity contribution in [3.8, 4) is 11.5 Å². The van der Waals surface area contributed by atoms with Crippen molar-refractivity contribution in [1.82, 2.24) is 4.90 Å². The first-order valence-electron chi connectivity index (χ1n) is 13.3. The molecular weight excluding hydrogens is 502 g/mol. The molecular formula is C31H31BF3NO3. The van der Waals surface area contributed by atoms with E-state index in [0.29, 0.717) is 43.7 Å². The average Bonchev–Trinajstić information content (AvgIpc) is 3.31. The van der Waals surface area contributed by atoms with Gasteiger partial charge in [-0.25, -0.2) is 4.39 Å². The van der Waals surface area contributed by atoms with E-state index < -0.39 is 12.3 Å². The molecule has 0 bridgehead atoms. The summed E-state index contributed by atoms with van der Waals surface area (Å²) in [4.78, 5) is 5.62. The summed E-state index contributed by atoms with van der Waals surface area (Å²) in [6, 6.07) is 18.0. The molecule has 1 N–H and O–H groups in total. The minimum Gasteiger partial charge on any atom is -0.489 e. The van der Waals surface area contributed by atoms with Gasteiger partial charge in [-0.05, 0) is 96.3 Å². The zero-order chi connectivity index (χ0) is 27.6. The molecule has 3 aromatic rings. The van der Waals surface area contributed by atoms with Crippen LogP contribution in [0.5, 0.6) is 11.5 Å². The quantitative estimate of drug-likeness (QED) is 0.344. The first-order chi connectivity index (χ1) is 18.8. The molecule has 39 heavy (non-hydrogen) atoms. The lowest BCUT2D eigenvalue weighted by Gasteiger charge is -2.33. The van der Waals surface area contributed by atoms with Gasteiger partial charge in [0, 0.05) is 29.6 Å². The molecule has 0 saturated carbocycles. The van der Waals surface area contributed by atoms with Crippen LogP contribution < -0.4 is 9.68 Å². The van der Waals surface area contributed by atoms with Crippen LogP contribution in [0.15, 0.2) is 60.7 Å². The summed E-state index contributed by atoms with van der Waals surface area (Å²) < 4.78 is 47.1. The number of hydrogen-bond donors (Lipinski definition) is 1. The Balaban J connectivity index is 1.48. The molecule has 2 atom stereocenters. The van der Waals surface area contributed by atoms with Gasteiger partial charge in [-0.3, -0.25) is 14.2 Å². The second-order valence-electron chi connectivity index (χ2n) is 10.4. The lowest BCUT2D eigenvalue weighted by molar-refractivity contribution is -0.0377. The van der Waals surface area contributed by atoms with E-state index in [9.17, 15) is 14.0 Å². The third-order valence-electron chi connectivity index (χ3n) is 7.66. The molecule has 0 aromatic heterocycles. The number of halogens is 3. The van der Waals surface area contributed by atoms with Gasteiger partial charge < -0.3 is 9.84 Å². The molecule has 4 nitrogen and oxygen atoms in total. The summed E-state index contributed by atoms with van der Waals surface area (Å²) in [6.07, 6.45) is 2.45. The van der Waals surface area contributed by atoms with Crippen molar-refractivity contribution in [3.63, 3.8) is 0 Å². The molecule has 1 saturated heterocycles. The maximum absolute atomic E-state index is 15.2. The highest BCUT2D eigenvalue weighted by molar-refractivity contribution is 6.13. The maximum Gasteiger partial charge on any atom is 0.172 e. The van der Waals surface area contributed by atoms with Crippen LogP contribution in [-0.4, -0.2) is 49.3 Å². The first-order valence-corrected chi connectivity index (χ1v) is 13.3. The van der Waals surface area contributed by atoms with Crippen LogP contribution in [0.1, 0.15) is 53.5 Å². The number of hydrogen-bond acceptors (Lipinski definition) is 4. The van der Waals surface area contributed by atoms with E-state index in [-0.39, 0.29) is 24.1 Å². The molecule has 1 unspecified atom stereocenters. The van der Waals surface area contributed by atoms with Crippen LogP contribution in [0.3, 0.4) is 0 Å². The predicted molar refractivity (Wildman–Crippen MR) is 147 cm³/mol. The molecule has 3 aromatic carbocycles. The van der Waals surface area contributed by atoms with E-state index in [0.717, 1.165) is 39.8 Å². The Labute approximate surface area is 228 Å². The molecule has 1 heterocycles. The van der Waals surface area contributed by atoms with E-state index in [1.165, 1.54) is 0 Å². The normalized spacial score (nSPS) is 19.4. The minimum absolute atomic E-state index is 0.142.